The standard InChI is InChI=1S/C13H9BrClFO/c14-11-4-2-1-3-9(11)13(17)10-6-5-8(15)7-12(10)16/h1-7,13,17H. The van der Waals surface area contributed by atoms with E-state index in [2.05, 4.69) is 15.9 Å². The van der Waals surface area contributed by atoms with Gasteiger partial charge in [-0.25, -0.2) is 4.39 Å². The van der Waals surface area contributed by atoms with Gasteiger partial charge in [0.15, 0.2) is 0 Å². The maximum Gasteiger partial charge on any atom is 0.130 e. The van der Waals surface area contributed by atoms with Crippen molar-refractivity contribution < 1.29 is 9.50 Å². The molecular formula is C13H9BrClFO. The fourth-order valence-corrected chi connectivity index (χ4v) is 2.25. The van der Waals surface area contributed by atoms with Crippen molar-refractivity contribution >= 4 is 27.5 Å². The Labute approximate surface area is 112 Å². The Kier molecular flexibility index (Phi) is 3.82. The minimum atomic E-state index is -1.01. The maximum atomic E-state index is 13.7. The lowest BCUT2D eigenvalue weighted by Gasteiger charge is -2.14. The van der Waals surface area contributed by atoms with Crippen LogP contribution in [0.3, 0.4) is 0 Å². The zero-order valence-corrected chi connectivity index (χ0v) is 11.0. The van der Waals surface area contributed by atoms with Crippen molar-refractivity contribution in [3.05, 3.63) is 68.9 Å². The lowest BCUT2D eigenvalue weighted by molar-refractivity contribution is 0.214. The molecule has 0 heterocycles. The highest BCUT2D eigenvalue weighted by atomic mass is 79.9. The zero-order chi connectivity index (χ0) is 12.4. The van der Waals surface area contributed by atoms with Crippen LogP contribution in [0.2, 0.25) is 5.02 Å². The molecule has 0 fully saturated rings. The topological polar surface area (TPSA) is 20.2 Å². The Hall–Kier alpha value is -0.900. The monoisotopic (exact) mass is 314 g/mol. The van der Waals surface area contributed by atoms with Gasteiger partial charge in [-0.05, 0) is 23.8 Å². The predicted molar refractivity (Wildman–Crippen MR) is 69.6 cm³/mol. The van der Waals surface area contributed by atoms with Gasteiger partial charge in [0, 0.05) is 15.1 Å². The van der Waals surface area contributed by atoms with E-state index in [0.29, 0.717) is 10.6 Å². The predicted octanol–water partition coefficient (Wildman–Crippen LogP) is 4.32. The largest absolute Gasteiger partial charge is 0.384 e. The quantitative estimate of drug-likeness (QED) is 0.875. The molecule has 0 radical (unpaired) electrons. The van der Waals surface area contributed by atoms with Crippen LogP contribution in [0.15, 0.2) is 46.9 Å². The van der Waals surface area contributed by atoms with Gasteiger partial charge in [-0.3, -0.25) is 0 Å². The second kappa shape index (κ2) is 5.17. The molecule has 0 aliphatic carbocycles. The Morgan fingerprint density at radius 1 is 1.12 bits per heavy atom. The van der Waals surface area contributed by atoms with Gasteiger partial charge in [0.1, 0.15) is 11.9 Å². The first-order valence-corrected chi connectivity index (χ1v) is 6.14. The van der Waals surface area contributed by atoms with E-state index in [4.69, 9.17) is 11.6 Å². The van der Waals surface area contributed by atoms with Crippen LogP contribution in [0.5, 0.6) is 0 Å². The van der Waals surface area contributed by atoms with Crippen molar-refractivity contribution in [1.82, 2.24) is 0 Å². The zero-order valence-electron chi connectivity index (χ0n) is 8.70. The first-order chi connectivity index (χ1) is 8.09. The van der Waals surface area contributed by atoms with Crippen molar-refractivity contribution in [3.63, 3.8) is 0 Å². The molecule has 2 aromatic carbocycles. The average Bonchev–Trinajstić information content (AvgIpc) is 2.29. The third-order valence-electron chi connectivity index (χ3n) is 2.46. The van der Waals surface area contributed by atoms with Gasteiger partial charge < -0.3 is 5.11 Å². The van der Waals surface area contributed by atoms with Crippen molar-refractivity contribution in [2.24, 2.45) is 0 Å². The lowest BCUT2D eigenvalue weighted by Crippen LogP contribution is -2.03. The summed E-state index contributed by atoms with van der Waals surface area (Å²) in [5.41, 5.74) is 0.829. The van der Waals surface area contributed by atoms with Crippen LogP contribution >= 0.6 is 27.5 Å². The molecule has 0 spiro atoms. The van der Waals surface area contributed by atoms with Crippen LogP contribution in [-0.2, 0) is 0 Å². The van der Waals surface area contributed by atoms with Crippen LogP contribution in [0, 0.1) is 5.82 Å². The molecule has 17 heavy (non-hydrogen) atoms. The van der Waals surface area contributed by atoms with Gasteiger partial charge in [-0.15, -0.1) is 0 Å². The van der Waals surface area contributed by atoms with Gasteiger partial charge in [-0.2, -0.15) is 0 Å². The number of benzene rings is 2. The molecule has 0 amide bonds. The molecule has 88 valence electrons. The van der Waals surface area contributed by atoms with Gasteiger partial charge in [0.25, 0.3) is 0 Å². The molecule has 2 aromatic rings. The van der Waals surface area contributed by atoms with E-state index in [-0.39, 0.29) is 5.56 Å². The molecule has 4 heteroatoms. The highest BCUT2D eigenvalue weighted by Gasteiger charge is 2.17. The second-order valence-corrected chi connectivity index (χ2v) is 4.88. The highest BCUT2D eigenvalue weighted by Crippen LogP contribution is 2.30. The van der Waals surface area contributed by atoms with Crippen molar-refractivity contribution in [2.75, 3.05) is 0 Å². The molecule has 0 bridgehead atoms. The first-order valence-electron chi connectivity index (χ1n) is 4.97. The van der Waals surface area contributed by atoms with Crippen LogP contribution in [-0.4, -0.2) is 5.11 Å². The summed E-state index contributed by atoms with van der Waals surface area (Å²) in [5, 5.41) is 10.4. The van der Waals surface area contributed by atoms with E-state index in [0.717, 1.165) is 4.47 Å². The highest BCUT2D eigenvalue weighted by molar-refractivity contribution is 9.10. The SMILES string of the molecule is OC(c1ccc(Cl)cc1F)c1ccccc1Br. The molecule has 0 aliphatic heterocycles. The van der Waals surface area contributed by atoms with Gasteiger partial charge >= 0.3 is 0 Å². The normalized spacial score (nSPS) is 12.5. The molecule has 0 saturated heterocycles. The van der Waals surface area contributed by atoms with E-state index in [1.807, 2.05) is 6.07 Å². The summed E-state index contributed by atoms with van der Waals surface area (Å²) in [7, 11) is 0. The first kappa shape index (κ1) is 12.6. The van der Waals surface area contributed by atoms with Gasteiger partial charge in [-0.1, -0.05) is 51.8 Å². The Morgan fingerprint density at radius 3 is 2.47 bits per heavy atom. The second-order valence-electron chi connectivity index (χ2n) is 3.59. The summed E-state index contributed by atoms with van der Waals surface area (Å²) in [5.74, 6) is -0.513. The van der Waals surface area contributed by atoms with Crippen molar-refractivity contribution in [2.45, 2.75) is 6.10 Å². The average molecular weight is 316 g/mol. The summed E-state index contributed by atoms with van der Waals surface area (Å²) in [6, 6.07) is 11.4. The molecule has 1 nitrogen and oxygen atoms in total. The number of hydrogen-bond donors (Lipinski definition) is 1. The third kappa shape index (κ3) is 2.68. The molecule has 0 saturated carbocycles. The number of rotatable bonds is 2. The minimum absolute atomic E-state index is 0.210. The van der Waals surface area contributed by atoms with E-state index < -0.39 is 11.9 Å². The molecule has 0 aromatic heterocycles. The Morgan fingerprint density at radius 2 is 1.82 bits per heavy atom. The molecule has 1 unspecified atom stereocenters. The van der Waals surface area contributed by atoms with E-state index in [9.17, 15) is 9.50 Å². The number of aliphatic hydroxyl groups is 1. The van der Waals surface area contributed by atoms with Crippen LogP contribution in [0.25, 0.3) is 0 Å². The third-order valence-corrected chi connectivity index (χ3v) is 3.41. The van der Waals surface area contributed by atoms with Crippen LogP contribution < -0.4 is 0 Å². The summed E-state index contributed by atoms with van der Waals surface area (Å²) in [6.07, 6.45) is -1.01. The number of hydrogen-bond acceptors (Lipinski definition) is 1. The fraction of sp³-hybridized carbons (Fsp3) is 0.0769. The fourth-order valence-electron chi connectivity index (χ4n) is 1.59. The molecule has 0 aliphatic rings. The van der Waals surface area contributed by atoms with Gasteiger partial charge in [0.2, 0.25) is 0 Å². The number of aliphatic hydroxyl groups excluding tert-OH is 1. The maximum absolute atomic E-state index is 13.7. The minimum Gasteiger partial charge on any atom is -0.384 e. The molecule has 1 N–H and O–H groups in total. The summed E-state index contributed by atoms with van der Waals surface area (Å²) in [6.45, 7) is 0. The van der Waals surface area contributed by atoms with Crippen LogP contribution in [0.4, 0.5) is 4.39 Å². The summed E-state index contributed by atoms with van der Waals surface area (Å²) in [4.78, 5) is 0. The van der Waals surface area contributed by atoms with E-state index >= 15 is 0 Å². The summed E-state index contributed by atoms with van der Waals surface area (Å²) >= 11 is 8.99. The molecular weight excluding hydrogens is 306 g/mol. The summed E-state index contributed by atoms with van der Waals surface area (Å²) < 4.78 is 14.4. The van der Waals surface area contributed by atoms with Gasteiger partial charge in [0.05, 0.1) is 0 Å². The Bertz CT molecular complexity index is 545. The number of halogens is 3. The lowest BCUT2D eigenvalue weighted by atomic mass is 10.0. The molecule has 2 rings (SSSR count). The molecule has 1 atom stereocenters. The van der Waals surface area contributed by atoms with E-state index in [1.165, 1.54) is 12.1 Å². The van der Waals surface area contributed by atoms with E-state index in [1.54, 1.807) is 24.3 Å². The van der Waals surface area contributed by atoms with Crippen LogP contribution in [0.1, 0.15) is 17.2 Å². The smallest absolute Gasteiger partial charge is 0.130 e. The van der Waals surface area contributed by atoms with Crippen molar-refractivity contribution in [3.8, 4) is 0 Å². The Balaban J connectivity index is 2.44. The van der Waals surface area contributed by atoms with Crippen molar-refractivity contribution in [1.29, 1.82) is 0 Å².